The molecular formula is C13H17BrO2. The second-order valence-corrected chi connectivity index (χ2v) is 4.82. The van der Waals surface area contributed by atoms with Crippen LogP contribution in [0.1, 0.15) is 24.5 Å². The van der Waals surface area contributed by atoms with Gasteiger partial charge in [0.25, 0.3) is 0 Å². The van der Waals surface area contributed by atoms with Gasteiger partial charge >= 0.3 is 5.97 Å². The van der Waals surface area contributed by atoms with Crippen LogP contribution in [-0.4, -0.2) is 17.9 Å². The quantitative estimate of drug-likeness (QED) is 0.613. The van der Waals surface area contributed by atoms with Gasteiger partial charge in [-0.3, -0.25) is 4.79 Å². The van der Waals surface area contributed by atoms with Crippen LogP contribution in [-0.2, 0) is 22.4 Å². The molecule has 0 heterocycles. The number of rotatable bonds is 5. The third-order valence-corrected chi connectivity index (χ3v) is 3.19. The summed E-state index contributed by atoms with van der Waals surface area (Å²) in [5.74, 6) is -0.216. The molecule has 1 aromatic rings. The smallest absolute Gasteiger partial charge is 0.319 e. The summed E-state index contributed by atoms with van der Waals surface area (Å²) in [5.41, 5.74) is 2.54. The van der Waals surface area contributed by atoms with Crippen LogP contribution >= 0.6 is 15.9 Å². The second-order valence-electron chi connectivity index (χ2n) is 3.71. The second kappa shape index (κ2) is 6.69. The lowest BCUT2D eigenvalue weighted by Gasteiger charge is -2.11. The van der Waals surface area contributed by atoms with E-state index in [0.717, 1.165) is 12.8 Å². The Morgan fingerprint density at radius 1 is 1.38 bits per heavy atom. The molecule has 0 radical (unpaired) electrons. The van der Waals surface area contributed by atoms with Gasteiger partial charge in [0, 0.05) is 0 Å². The molecule has 0 saturated heterocycles. The highest BCUT2D eigenvalue weighted by Crippen LogP contribution is 2.17. The van der Waals surface area contributed by atoms with Crippen molar-refractivity contribution in [3.05, 3.63) is 35.4 Å². The maximum Gasteiger partial charge on any atom is 0.319 e. The highest BCUT2D eigenvalue weighted by molar-refractivity contribution is 9.10. The van der Waals surface area contributed by atoms with E-state index < -0.39 is 0 Å². The minimum atomic E-state index is -0.254. The zero-order chi connectivity index (χ0) is 12.0. The van der Waals surface area contributed by atoms with Gasteiger partial charge in [0.15, 0.2) is 0 Å². The zero-order valence-corrected chi connectivity index (χ0v) is 11.3. The van der Waals surface area contributed by atoms with Crippen molar-refractivity contribution in [3.8, 4) is 0 Å². The lowest BCUT2D eigenvalue weighted by Crippen LogP contribution is -2.18. The van der Waals surface area contributed by atoms with Crippen molar-refractivity contribution in [2.75, 3.05) is 7.11 Å². The highest BCUT2D eigenvalue weighted by Gasteiger charge is 2.16. The van der Waals surface area contributed by atoms with Gasteiger partial charge in [-0.05, 0) is 24.0 Å². The molecule has 16 heavy (non-hydrogen) atoms. The molecule has 0 aromatic heterocycles. The van der Waals surface area contributed by atoms with E-state index >= 15 is 0 Å². The summed E-state index contributed by atoms with van der Waals surface area (Å²) in [5, 5.41) is 0. The van der Waals surface area contributed by atoms with E-state index in [9.17, 15) is 4.79 Å². The van der Waals surface area contributed by atoms with Crippen LogP contribution in [0.25, 0.3) is 0 Å². The number of carbonyl (C=O) groups excluding carboxylic acids is 1. The molecule has 0 fully saturated rings. The van der Waals surface area contributed by atoms with Gasteiger partial charge in [-0.2, -0.15) is 0 Å². The first-order chi connectivity index (χ1) is 7.69. The van der Waals surface area contributed by atoms with E-state index in [2.05, 4.69) is 35.0 Å². The first kappa shape index (κ1) is 13.2. The van der Waals surface area contributed by atoms with Gasteiger partial charge in [0.2, 0.25) is 0 Å². The van der Waals surface area contributed by atoms with E-state index in [-0.39, 0.29) is 10.8 Å². The average molecular weight is 285 g/mol. The topological polar surface area (TPSA) is 26.3 Å². The summed E-state index contributed by atoms with van der Waals surface area (Å²) in [4.78, 5) is 11.1. The summed E-state index contributed by atoms with van der Waals surface area (Å²) < 4.78 is 4.70. The molecule has 0 amide bonds. The molecule has 1 rings (SSSR count). The molecule has 0 aliphatic rings. The van der Waals surface area contributed by atoms with Crippen molar-refractivity contribution in [2.24, 2.45) is 0 Å². The third kappa shape index (κ3) is 3.63. The van der Waals surface area contributed by atoms with Crippen molar-refractivity contribution in [1.29, 1.82) is 0 Å². The summed E-state index contributed by atoms with van der Waals surface area (Å²) in [6.45, 7) is 2.16. The Morgan fingerprint density at radius 3 is 2.56 bits per heavy atom. The summed E-state index contributed by atoms with van der Waals surface area (Å²) in [6.07, 6.45) is 2.85. The number of hydrogen-bond acceptors (Lipinski definition) is 2. The molecule has 0 bridgehead atoms. The number of methoxy groups -OCH3 is 1. The van der Waals surface area contributed by atoms with Crippen molar-refractivity contribution < 1.29 is 9.53 Å². The molecule has 3 heteroatoms. The minimum Gasteiger partial charge on any atom is -0.468 e. The summed E-state index contributed by atoms with van der Waals surface area (Å²) in [6, 6.07) is 8.24. The number of ether oxygens (including phenoxy) is 1. The van der Waals surface area contributed by atoms with Crippen molar-refractivity contribution in [2.45, 2.75) is 31.0 Å². The predicted octanol–water partition coefficient (Wildman–Crippen LogP) is 3.12. The minimum absolute atomic E-state index is 0.216. The van der Waals surface area contributed by atoms with Crippen LogP contribution in [0.3, 0.4) is 0 Å². The first-order valence-electron chi connectivity index (χ1n) is 5.47. The lowest BCUT2D eigenvalue weighted by atomic mass is 9.99. The Kier molecular flexibility index (Phi) is 5.53. The van der Waals surface area contributed by atoms with Crippen LogP contribution in [0, 0.1) is 0 Å². The van der Waals surface area contributed by atoms with E-state index in [4.69, 9.17) is 4.74 Å². The summed E-state index contributed by atoms with van der Waals surface area (Å²) >= 11 is 3.35. The first-order valence-corrected chi connectivity index (χ1v) is 6.39. The van der Waals surface area contributed by atoms with Crippen molar-refractivity contribution >= 4 is 21.9 Å². The zero-order valence-electron chi connectivity index (χ0n) is 9.70. The number of esters is 1. The molecule has 88 valence electrons. The number of aryl methyl sites for hydroxylation is 1. The van der Waals surface area contributed by atoms with E-state index in [1.807, 2.05) is 12.1 Å². The van der Waals surface area contributed by atoms with Crippen molar-refractivity contribution in [3.63, 3.8) is 0 Å². The Bertz CT molecular complexity index is 350. The maximum atomic E-state index is 11.3. The van der Waals surface area contributed by atoms with Crippen LogP contribution < -0.4 is 0 Å². The number of carbonyl (C=O) groups is 1. The molecule has 1 aromatic carbocycles. The fourth-order valence-electron chi connectivity index (χ4n) is 1.67. The van der Waals surface area contributed by atoms with E-state index in [1.54, 1.807) is 0 Å². The molecule has 0 aliphatic heterocycles. The average Bonchev–Trinajstić information content (AvgIpc) is 2.31. The maximum absolute atomic E-state index is 11.3. The van der Waals surface area contributed by atoms with Gasteiger partial charge in [-0.15, -0.1) is 0 Å². The monoisotopic (exact) mass is 284 g/mol. The molecule has 2 nitrogen and oxygen atoms in total. The third-order valence-electron chi connectivity index (χ3n) is 2.49. The van der Waals surface area contributed by atoms with Crippen LogP contribution in [0.2, 0.25) is 0 Å². The molecule has 0 saturated carbocycles. The fraction of sp³-hybridized carbons (Fsp3) is 0.462. The highest BCUT2D eigenvalue weighted by atomic mass is 79.9. The van der Waals surface area contributed by atoms with Crippen LogP contribution in [0.4, 0.5) is 0 Å². The molecule has 0 N–H and O–H groups in total. The molecule has 0 spiro atoms. The van der Waals surface area contributed by atoms with Gasteiger partial charge in [-0.1, -0.05) is 53.5 Å². The normalized spacial score (nSPS) is 12.2. The van der Waals surface area contributed by atoms with Gasteiger partial charge in [0.1, 0.15) is 4.83 Å². The number of hydrogen-bond donors (Lipinski definition) is 0. The SMILES string of the molecule is CCCc1ccccc1CC(Br)C(=O)OC. The van der Waals surface area contributed by atoms with E-state index in [1.165, 1.54) is 18.2 Å². The predicted molar refractivity (Wildman–Crippen MR) is 68.9 cm³/mol. The van der Waals surface area contributed by atoms with Crippen LogP contribution in [0.5, 0.6) is 0 Å². The Morgan fingerprint density at radius 2 is 2.00 bits per heavy atom. The molecular weight excluding hydrogens is 268 g/mol. The molecule has 1 unspecified atom stereocenters. The largest absolute Gasteiger partial charge is 0.468 e. The van der Waals surface area contributed by atoms with Gasteiger partial charge in [-0.25, -0.2) is 0 Å². The Labute approximate surface area is 105 Å². The number of alkyl halides is 1. The van der Waals surface area contributed by atoms with E-state index in [0.29, 0.717) is 6.42 Å². The number of halogens is 1. The summed E-state index contributed by atoms with van der Waals surface area (Å²) in [7, 11) is 1.41. The fourth-order valence-corrected chi connectivity index (χ4v) is 2.21. The van der Waals surface area contributed by atoms with Gasteiger partial charge in [0.05, 0.1) is 7.11 Å². The number of benzene rings is 1. The molecule has 0 aliphatic carbocycles. The standard InChI is InChI=1S/C13H17BrO2/c1-3-6-10-7-4-5-8-11(10)9-12(14)13(15)16-2/h4-5,7-8,12H,3,6,9H2,1-2H3. The van der Waals surface area contributed by atoms with Gasteiger partial charge < -0.3 is 4.74 Å². The van der Waals surface area contributed by atoms with Crippen molar-refractivity contribution in [1.82, 2.24) is 0 Å². The Balaban J connectivity index is 2.75. The van der Waals surface area contributed by atoms with Crippen LogP contribution in [0.15, 0.2) is 24.3 Å². The Hall–Kier alpha value is -0.830. The lowest BCUT2D eigenvalue weighted by molar-refractivity contribution is -0.139. The molecule has 1 atom stereocenters.